The van der Waals surface area contributed by atoms with Gasteiger partial charge in [-0.3, -0.25) is 10.1 Å². The molecule has 3 aromatic rings. The van der Waals surface area contributed by atoms with E-state index in [9.17, 15) is 20.0 Å². The first-order valence-corrected chi connectivity index (χ1v) is 7.52. The molecule has 0 radical (unpaired) electrons. The van der Waals surface area contributed by atoms with Crippen LogP contribution in [0.3, 0.4) is 0 Å². The summed E-state index contributed by atoms with van der Waals surface area (Å²) in [5.41, 5.74) is 3.62. The van der Waals surface area contributed by atoms with E-state index in [4.69, 9.17) is 0 Å². The van der Waals surface area contributed by atoms with Crippen molar-refractivity contribution in [2.45, 2.75) is 13.8 Å². The molecular formula is C18H15N3O4. The molecule has 0 fully saturated rings. The Morgan fingerprint density at radius 3 is 2.40 bits per heavy atom. The van der Waals surface area contributed by atoms with Gasteiger partial charge in [0.15, 0.2) is 5.69 Å². The fourth-order valence-corrected chi connectivity index (χ4v) is 2.56. The summed E-state index contributed by atoms with van der Waals surface area (Å²) in [6.07, 6.45) is 0. The smallest absolute Gasteiger partial charge is 0.354 e. The molecule has 126 valence electrons. The first-order valence-electron chi connectivity index (χ1n) is 7.52. The van der Waals surface area contributed by atoms with Crippen molar-refractivity contribution in [3.8, 4) is 16.9 Å². The van der Waals surface area contributed by atoms with E-state index in [1.807, 2.05) is 32.0 Å². The largest absolute Gasteiger partial charge is 0.477 e. The predicted octanol–water partition coefficient (Wildman–Crippen LogP) is 3.76. The Hall–Kier alpha value is -3.48. The number of hydrogen-bond acceptors (Lipinski definition) is 4. The van der Waals surface area contributed by atoms with E-state index in [2.05, 4.69) is 5.10 Å². The molecule has 7 nitrogen and oxygen atoms in total. The summed E-state index contributed by atoms with van der Waals surface area (Å²) in [4.78, 5) is 21.9. The number of carbonyl (C=O) groups is 1. The highest BCUT2D eigenvalue weighted by Crippen LogP contribution is 2.25. The van der Waals surface area contributed by atoms with Gasteiger partial charge >= 0.3 is 5.97 Å². The Bertz CT molecular complexity index is 974. The summed E-state index contributed by atoms with van der Waals surface area (Å²) in [5, 5.41) is 24.7. The minimum atomic E-state index is -1.10. The minimum absolute atomic E-state index is 0.0297. The normalized spacial score (nSPS) is 10.6. The van der Waals surface area contributed by atoms with Crippen LogP contribution in [0.5, 0.6) is 0 Å². The monoisotopic (exact) mass is 337 g/mol. The molecule has 3 rings (SSSR count). The van der Waals surface area contributed by atoms with E-state index < -0.39 is 10.9 Å². The summed E-state index contributed by atoms with van der Waals surface area (Å²) < 4.78 is 1.39. The molecule has 0 bridgehead atoms. The van der Waals surface area contributed by atoms with Gasteiger partial charge in [-0.25, -0.2) is 9.48 Å². The maximum Gasteiger partial charge on any atom is 0.354 e. The summed E-state index contributed by atoms with van der Waals surface area (Å²) >= 11 is 0. The van der Waals surface area contributed by atoms with Gasteiger partial charge in [0.2, 0.25) is 0 Å². The highest BCUT2D eigenvalue weighted by molar-refractivity contribution is 5.88. The van der Waals surface area contributed by atoms with Crippen LogP contribution in [0.1, 0.15) is 21.6 Å². The van der Waals surface area contributed by atoms with Gasteiger partial charge in [-0.15, -0.1) is 0 Å². The Morgan fingerprint density at radius 1 is 1.12 bits per heavy atom. The summed E-state index contributed by atoms with van der Waals surface area (Å²) in [6, 6.07) is 13.0. The molecule has 25 heavy (non-hydrogen) atoms. The number of aromatic nitrogens is 2. The number of rotatable bonds is 4. The SMILES string of the molecule is Cc1ccc(C)c(-n2nc(-c3ccc([N+](=O)[O-])cc3)cc2C(=O)O)c1. The third kappa shape index (κ3) is 3.12. The Balaban J connectivity index is 2.13. The van der Waals surface area contributed by atoms with Crippen LogP contribution in [0.15, 0.2) is 48.5 Å². The van der Waals surface area contributed by atoms with Crippen molar-refractivity contribution in [2.75, 3.05) is 0 Å². The molecule has 0 aliphatic carbocycles. The second-order valence-corrected chi connectivity index (χ2v) is 5.73. The Labute approximate surface area is 143 Å². The molecule has 0 unspecified atom stereocenters. The van der Waals surface area contributed by atoms with Gasteiger partial charge < -0.3 is 5.11 Å². The van der Waals surface area contributed by atoms with Crippen LogP contribution in [0.4, 0.5) is 5.69 Å². The molecule has 7 heteroatoms. The fraction of sp³-hybridized carbons (Fsp3) is 0.111. The van der Waals surface area contributed by atoms with Gasteiger partial charge in [-0.05, 0) is 49.2 Å². The highest BCUT2D eigenvalue weighted by atomic mass is 16.6. The zero-order chi connectivity index (χ0) is 18.1. The molecule has 0 atom stereocenters. The van der Waals surface area contributed by atoms with Crippen molar-refractivity contribution in [1.82, 2.24) is 9.78 Å². The van der Waals surface area contributed by atoms with Crippen molar-refractivity contribution in [3.05, 3.63) is 75.5 Å². The topological polar surface area (TPSA) is 98.3 Å². The van der Waals surface area contributed by atoms with Crippen LogP contribution < -0.4 is 0 Å². The Morgan fingerprint density at radius 2 is 1.80 bits per heavy atom. The zero-order valence-electron chi connectivity index (χ0n) is 13.6. The lowest BCUT2D eigenvalue weighted by atomic mass is 10.1. The van der Waals surface area contributed by atoms with E-state index >= 15 is 0 Å². The number of non-ortho nitro benzene ring substituents is 1. The van der Waals surface area contributed by atoms with E-state index in [0.29, 0.717) is 16.9 Å². The molecule has 1 N–H and O–H groups in total. The number of aryl methyl sites for hydroxylation is 2. The van der Waals surface area contributed by atoms with E-state index in [0.717, 1.165) is 11.1 Å². The molecule has 0 aliphatic rings. The van der Waals surface area contributed by atoms with E-state index in [1.165, 1.54) is 22.9 Å². The van der Waals surface area contributed by atoms with Crippen LogP contribution in [0.2, 0.25) is 0 Å². The third-order valence-electron chi connectivity index (χ3n) is 3.90. The van der Waals surface area contributed by atoms with Crippen LogP contribution in [-0.2, 0) is 0 Å². The summed E-state index contributed by atoms with van der Waals surface area (Å²) in [7, 11) is 0. The maximum absolute atomic E-state index is 11.6. The highest BCUT2D eigenvalue weighted by Gasteiger charge is 2.18. The van der Waals surface area contributed by atoms with Crippen LogP contribution >= 0.6 is 0 Å². The first kappa shape index (κ1) is 16.4. The van der Waals surface area contributed by atoms with Gasteiger partial charge in [0.05, 0.1) is 16.3 Å². The number of aromatic carboxylic acids is 1. The van der Waals surface area contributed by atoms with Crippen molar-refractivity contribution in [3.63, 3.8) is 0 Å². The first-order chi connectivity index (χ1) is 11.9. The van der Waals surface area contributed by atoms with Crippen molar-refractivity contribution in [2.24, 2.45) is 0 Å². The summed E-state index contributed by atoms with van der Waals surface area (Å²) in [6.45, 7) is 3.80. The number of nitro groups is 1. The molecule has 0 aliphatic heterocycles. The molecular weight excluding hydrogens is 322 g/mol. The zero-order valence-corrected chi connectivity index (χ0v) is 13.6. The number of nitro benzene ring substituents is 1. The molecule has 0 saturated heterocycles. The van der Waals surface area contributed by atoms with Crippen molar-refractivity contribution >= 4 is 11.7 Å². The van der Waals surface area contributed by atoms with Crippen LogP contribution in [-0.4, -0.2) is 25.8 Å². The van der Waals surface area contributed by atoms with E-state index in [-0.39, 0.29) is 11.4 Å². The second kappa shape index (κ2) is 6.20. The van der Waals surface area contributed by atoms with E-state index in [1.54, 1.807) is 12.1 Å². The molecule has 0 amide bonds. The van der Waals surface area contributed by atoms with Crippen LogP contribution in [0, 0.1) is 24.0 Å². The molecule has 0 saturated carbocycles. The number of benzene rings is 2. The standard InChI is InChI=1S/C18H15N3O4/c1-11-3-4-12(2)16(9-11)20-17(18(22)23)10-15(19-20)13-5-7-14(8-6-13)21(24)25/h3-10H,1-2H3,(H,22,23). The van der Waals surface area contributed by atoms with Gasteiger partial charge in [0, 0.05) is 17.7 Å². The lowest BCUT2D eigenvalue weighted by Crippen LogP contribution is -2.09. The average molecular weight is 337 g/mol. The predicted molar refractivity (Wildman–Crippen MR) is 92.1 cm³/mol. The molecule has 1 heterocycles. The lowest BCUT2D eigenvalue weighted by molar-refractivity contribution is -0.384. The van der Waals surface area contributed by atoms with Gasteiger partial charge in [-0.2, -0.15) is 5.10 Å². The summed E-state index contributed by atoms with van der Waals surface area (Å²) in [5.74, 6) is -1.10. The lowest BCUT2D eigenvalue weighted by Gasteiger charge is -2.09. The van der Waals surface area contributed by atoms with Crippen molar-refractivity contribution < 1.29 is 14.8 Å². The van der Waals surface area contributed by atoms with Crippen molar-refractivity contribution in [1.29, 1.82) is 0 Å². The average Bonchev–Trinajstić information content (AvgIpc) is 3.02. The number of carboxylic acid groups (broad SMARTS) is 1. The maximum atomic E-state index is 11.6. The molecule has 2 aromatic carbocycles. The number of nitrogens with zero attached hydrogens (tertiary/aromatic N) is 3. The Kier molecular flexibility index (Phi) is 4.06. The molecule has 0 spiro atoms. The molecule has 1 aromatic heterocycles. The minimum Gasteiger partial charge on any atom is -0.477 e. The number of carboxylic acids is 1. The van der Waals surface area contributed by atoms with Crippen LogP contribution in [0.25, 0.3) is 16.9 Å². The fourth-order valence-electron chi connectivity index (χ4n) is 2.56. The quantitative estimate of drug-likeness (QED) is 0.577. The second-order valence-electron chi connectivity index (χ2n) is 5.73. The third-order valence-corrected chi connectivity index (χ3v) is 3.90. The van der Waals surface area contributed by atoms with Gasteiger partial charge in [0.1, 0.15) is 0 Å². The van der Waals surface area contributed by atoms with Gasteiger partial charge in [-0.1, -0.05) is 12.1 Å². The number of hydrogen-bond donors (Lipinski definition) is 1. The van der Waals surface area contributed by atoms with Gasteiger partial charge in [0.25, 0.3) is 5.69 Å².